The molecule has 0 atom stereocenters. The normalized spacial score (nSPS) is 14.4. The van der Waals surface area contributed by atoms with Crippen LogP contribution in [0.1, 0.15) is 103 Å². The van der Waals surface area contributed by atoms with E-state index >= 15 is 0 Å². The highest BCUT2D eigenvalue weighted by Crippen LogP contribution is 2.58. The van der Waals surface area contributed by atoms with Crippen molar-refractivity contribution in [3.8, 4) is 22.3 Å². The largest absolute Gasteiger partial charge is 0.456 e. The van der Waals surface area contributed by atoms with Crippen LogP contribution in [0.25, 0.3) is 65.7 Å². The van der Waals surface area contributed by atoms with Crippen LogP contribution in [0.3, 0.4) is 0 Å². The SMILES string of the molecule is CC(C)(C)c1c(N(c2ccccc2)c2cccc3c2C(C)(C)c2ccccc2-3)ccc2cc3c(cc12)oc1cc2c(C(C)(C)C)c(N(c4ccccc4)c4cccc5c4C(C)(C)c4ccccc4-5)ccc2cc13. The number of fused-ring (bicyclic) bond motifs is 11. The molecule has 13 rings (SSSR count). The molecule has 1 heterocycles. The van der Waals surface area contributed by atoms with Gasteiger partial charge < -0.3 is 14.2 Å². The summed E-state index contributed by atoms with van der Waals surface area (Å²) in [5.74, 6) is 0. The number of benzene rings is 10. The van der Waals surface area contributed by atoms with Crippen LogP contribution in [-0.2, 0) is 21.7 Å². The molecule has 0 saturated heterocycles. The summed E-state index contributed by atoms with van der Waals surface area (Å²) in [4.78, 5) is 5.05. The van der Waals surface area contributed by atoms with Gasteiger partial charge in [-0.3, -0.25) is 0 Å². The van der Waals surface area contributed by atoms with Crippen LogP contribution in [0.15, 0.2) is 199 Å². The molecule has 3 heteroatoms. The smallest absolute Gasteiger partial charge is 0.136 e. The van der Waals surface area contributed by atoms with Crippen molar-refractivity contribution in [2.75, 3.05) is 9.80 Å². The predicted octanol–water partition coefficient (Wildman–Crippen LogP) is 20.0. The van der Waals surface area contributed by atoms with E-state index in [1.54, 1.807) is 0 Å². The van der Waals surface area contributed by atoms with Crippen LogP contribution in [0.5, 0.6) is 0 Å². The summed E-state index contributed by atoms with van der Waals surface area (Å²) < 4.78 is 7.16. The number of nitrogens with zero attached hydrogens (tertiary/aromatic N) is 2. The minimum absolute atomic E-state index is 0.198. The first-order valence-corrected chi connectivity index (χ1v) is 26.1. The molecule has 1 aromatic heterocycles. The summed E-state index contributed by atoms with van der Waals surface area (Å²) in [6.45, 7) is 23.7. The Balaban J connectivity index is 1.02. The van der Waals surface area contributed by atoms with Crippen molar-refractivity contribution in [3.63, 3.8) is 0 Å². The molecular formula is C70H62N2O. The molecule has 0 N–H and O–H groups in total. The molecule has 0 saturated carbocycles. The van der Waals surface area contributed by atoms with Gasteiger partial charge >= 0.3 is 0 Å². The first kappa shape index (κ1) is 45.0. The molecule has 2 aliphatic carbocycles. The van der Waals surface area contributed by atoms with Crippen molar-refractivity contribution in [2.24, 2.45) is 0 Å². The molecule has 0 fully saturated rings. The van der Waals surface area contributed by atoms with Crippen molar-refractivity contribution in [1.29, 1.82) is 0 Å². The van der Waals surface area contributed by atoms with E-state index in [2.05, 4.69) is 273 Å². The zero-order valence-electron chi connectivity index (χ0n) is 43.8. The second kappa shape index (κ2) is 15.8. The van der Waals surface area contributed by atoms with E-state index in [0.717, 1.165) is 33.3 Å². The maximum Gasteiger partial charge on any atom is 0.136 e. The number of hydrogen-bond acceptors (Lipinski definition) is 3. The van der Waals surface area contributed by atoms with Crippen LogP contribution >= 0.6 is 0 Å². The molecule has 11 aromatic rings. The molecule has 73 heavy (non-hydrogen) atoms. The van der Waals surface area contributed by atoms with E-state index in [1.807, 2.05) is 0 Å². The van der Waals surface area contributed by atoms with Gasteiger partial charge in [-0.25, -0.2) is 0 Å². The van der Waals surface area contributed by atoms with Gasteiger partial charge in [0.1, 0.15) is 11.2 Å². The number of furan rings is 1. The van der Waals surface area contributed by atoms with Crippen molar-refractivity contribution >= 4 is 77.6 Å². The highest BCUT2D eigenvalue weighted by molar-refractivity contribution is 6.15. The topological polar surface area (TPSA) is 19.6 Å². The van der Waals surface area contributed by atoms with Gasteiger partial charge in [0.25, 0.3) is 0 Å². The average Bonchev–Trinajstić information content (AvgIpc) is 3.94. The van der Waals surface area contributed by atoms with Crippen molar-refractivity contribution < 1.29 is 4.42 Å². The fourth-order valence-electron chi connectivity index (χ4n) is 13.3. The minimum Gasteiger partial charge on any atom is -0.456 e. The van der Waals surface area contributed by atoms with E-state index < -0.39 is 0 Å². The standard InChI is InChI=1S/C70H62N2O/c1-67(2,3)63-51-41-61-53(39-43(51)35-37-59(63)71(45-23-13-11-14-24-45)57-33-21-29-49-47-27-17-19-31-55(47)69(7,8)65(49)57)54-40-44-36-38-60(64(68(4,5)6)52(44)42-62(54)73-61)72(46-25-15-12-16-26-46)58-34-22-30-50-48-28-18-20-32-56(48)70(9,10)66(50)58/h11-42H,1-10H3. The Morgan fingerprint density at radius 3 is 1.11 bits per heavy atom. The van der Waals surface area contributed by atoms with Gasteiger partial charge in [0.2, 0.25) is 0 Å². The maximum atomic E-state index is 7.16. The van der Waals surface area contributed by atoms with Crippen LogP contribution in [-0.4, -0.2) is 0 Å². The van der Waals surface area contributed by atoms with Crippen LogP contribution in [0.4, 0.5) is 34.1 Å². The highest BCUT2D eigenvalue weighted by Gasteiger charge is 2.41. The van der Waals surface area contributed by atoms with Crippen molar-refractivity contribution in [3.05, 3.63) is 228 Å². The Hall–Kier alpha value is -7.88. The molecule has 0 amide bonds. The summed E-state index contributed by atoms with van der Waals surface area (Å²) >= 11 is 0. The quantitative estimate of drug-likeness (QED) is 0.166. The molecular weight excluding hydrogens is 885 g/mol. The molecule has 2 aliphatic rings. The molecule has 0 radical (unpaired) electrons. The van der Waals surface area contributed by atoms with Gasteiger partial charge in [0.15, 0.2) is 0 Å². The minimum atomic E-state index is -0.230. The monoisotopic (exact) mass is 946 g/mol. The Bertz CT molecular complexity index is 3780. The number of para-hydroxylation sites is 2. The fourth-order valence-corrected chi connectivity index (χ4v) is 13.3. The Morgan fingerprint density at radius 2 is 0.712 bits per heavy atom. The lowest BCUT2D eigenvalue weighted by Gasteiger charge is -2.36. The second-order valence-electron chi connectivity index (χ2n) is 23.7. The van der Waals surface area contributed by atoms with Gasteiger partial charge in [-0.05, 0) is 161 Å². The third-order valence-corrected chi connectivity index (χ3v) is 16.3. The third kappa shape index (κ3) is 6.70. The van der Waals surface area contributed by atoms with Gasteiger partial charge in [0.05, 0.1) is 22.7 Å². The van der Waals surface area contributed by atoms with E-state index in [4.69, 9.17) is 4.42 Å². The van der Waals surface area contributed by atoms with Gasteiger partial charge in [-0.2, -0.15) is 0 Å². The lowest BCUT2D eigenvalue weighted by atomic mass is 9.79. The molecule has 10 aromatic carbocycles. The van der Waals surface area contributed by atoms with Crippen LogP contribution in [0, 0.1) is 0 Å². The maximum absolute atomic E-state index is 7.16. The molecule has 0 unspecified atom stereocenters. The first-order valence-electron chi connectivity index (χ1n) is 26.1. The van der Waals surface area contributed by atoms with Crippen LogP contribution in [0.2, 0.25) is 0 Å². The molecule has 3 nitrogen and oxygen atoms in total. The van der Waals surface area contributed by atoms with Gasteiger partial charge in [0, 0.05) is 33.0 Å². The Labute approximate surface area is 430 Å². The Morgan fingerprint density at radius 1 is 0.342 bits per heavy atom. The summed E-state index contributed by atoms with van der Waals surface area (Å²) in [5, 5.41) is 7.07. The van der Waals surface area contributed by atoms with E-state index in [9.17, 15) is 0 Å². The molecule has 358 valence electrons. The van der Waals surface area contributed by atoms with Gasteiger partial charge in [-0.1, -0.05) is 191 Å². The van der Waals surface area contributed by atoms with Crippen LogP contribution < -0.4 is 9.80 Å². The lowest BCUT2D eigenvalue weighted by molar-refractivity contribution is 0.596. The summed E-state index contributed by atoms with van der Waals surface area (Å²) in [6, 6.07) is 72.3. The predicted molar refractivity (Wildman–Crippen MR) is 311 cm³/mol. The highest BCUT2D eigenvalue weighted by atomic mass is 16.3. The third-order valence-electron chi connectivity index (χ3n) is 16.3. The number of hydrogen-bond donors (Lipinski definition) is 0. The summed E-state index contributed by atoms with van der Waals surface area (Å²) in [6.07, 6.45) is 0. The number of rotatable bonds is 6. The lowest BCUT2D eigenvalue weighted by Crippen LogP contribution is -2.23. The zero-order chi connectivity index (χ0) is 50.3. The van der Waals surface area contributed by atoms with E-state index in [0.29, 0.717) is 0 Å². The van der Waals surface area contributed by atoms with E-state index in [-0.39, 0.29) is 21.7 Å². The second-order valence-corrected chi connectivity index (χ2v) is 23.7. The number of anilines is 6. The van der Waals surface area contributed by atoms with E-state index in [1.165, 1.54) is 99.9 Å². The Kier molecular flexibility index (Phi) is 9.75. The van der Waals surface area contributed by atoms with Crippen molar-refractivity contribution in [1.82, 2.24) is 0 Å². The van der Waals surface area contributed by atoms with Gasteiger partial charge in [-0.15, -0.1) is 0 Å². The average molecular weight is 947 g/mol. The molecule has 0 bridgehead atoms. The fraction of sp³-hybridized carbons (Fsp3) is 0.200. The summed E-state index contributed by atoms with van der Waals surface area (Å²) in [7, 11) is 0. The van der Waals surface area contributed by atoms with Crippen molar-refractivity contribution in [2.45, 2.75) is 90.9 Å². The zero-order valence-corrected chi connectivity index (χ0v) is 43.8. The molecule has 0 spiro atoms. The first-order chi connectivity index (χ1) is 35.0. The summed E-state index contributed by atoms with van der Waals surface area (Å²) in [5.41, 5.74) is 21.2. The molecule has 0 aliphatic heterocycles.